The van der Waals surface area contributed by atoms with E-state index in [2.05, 4.69) is 5.32 Å². The van der Waals surface area contributed by atoms with Gasteiger partial charge >= 0.3 is 6.18 Å². The molecular weight excluding hydrogens is 179 g/mol. The van der Waals surface area contributed by atoms with Crippen molar-refractivity contribution in [3.05, 3.63) is 0 Å². The van der Waals surface area contributed by atoms with E-state index in [-0.39, 0.29) is 5.92 Å². The fourth-order valence-electron chi connectivity index (χ4n) is 1.98. The maximum Gasteiger partial charge on any atom is 0.391 e. The molecule has 78 valence electrons. The van der Waals surface area contributed by atoms with Crippen molar-refractivity contribution in [2.24, 2.45) is 11.8 Å². The van der Waals surface area contributed by atoms with Gasteiger partial charge in [0.05, 0.1) is 5.92 Å². The number of hydrogen-bond donors (Lipinski definition) is 1. The van der Waals surface area contributed by atoms with Crippen molar-refractivity contribution in [2.75, 3.05) is 13.6 Å². The largest absolute Gasteiger partial charge is 0.391 e. The minimum atomic E-state index is -3.96. The van der Waals surface area contributed by atoms with E-state index >= 15 is 0 Å². The molecule has 1 aliphatic carbocycles. The van der Waals surface area contributed by atoms with Gasteiger partial charge in [-0.05, 0) is 45.2 Å². The van der Waals surface area contributed by atoms with Crippen molar-refractivity contribution in [1.29, 1.82) is 0 Å². The fourth-order valence-corrected chi connectivity index (χ4v) is 1.98. The van der Waals surface area contributed by atoms with Crippen LogP contribution in [0.4, 0.5) is 13.2 Å². The van der Waals surface area contributed by atoms with Crippen LogP contribution >= 0.6 is 0 Å². The first-order valence-electron chi connectivity index (χ1n) is 4.75. The average Bonchev–Trinajstić information content (AvgIpc) is 2.47. The topological polar surface area (TPSA) is 12.0 Å². The fraction of sp³-hybridized carbons (Fsp3) is 1.00. The molecule has 0 aromatic heterocycles. The smallest absolute Gasteiger partial charge is 0.320 e. The first-order valence-corrected chi connectivity index (χ1v) is 4.75. The highest BCUT2D eigenvalue weighted by atomic mass is 19.4. The molecule has 13 heavy (non-hydrogen) atoms. The Bertz CT molecular complexity index is 155. The number of hydrogen-bond acceptors (Lipinski definition) is 1. The predicted molar refractivity (Wildman–Crippen MR) is 45.4 cm³/mol. The molecule has 0 heterocycles. The summed E-state index contributed by atoms with van der Waals surface area (Å²) in [5.41, 5.74) is 0. The number of halogens is 3. The van der Waals surface area contributed by atoms with Gasteiger partial charge in [0.2, 0.25) is 0 Å². The molecule has 4 heteroatoms. The van der Waals surface area contributed by atoms with Crippen molar-refractivity contribution in [3.63, 3.8) is 0 Å². The Morgan fingerprint density at radius 2 is 2.00 bits per heavy atom. The van der Waals surface area contributed by atoms with Gasteiger partial charge < -0.3 is 5.32 Å². The third-order valence-electron chi connectivity index (χ3n) is 2.81. The van der Waals surface area contributed by atoms with E-state index in [0.717, 1.165) is 19.4 Å². The normalized spacial score (nSPS) is 29.5. The lowest BCUT2D eigenvalue weighted by atomic mass is 10.0. The molecule has 0 radical (unpaired) electrons. The summed E-state index contributed by atoms with van der Waals surface area (Å²) in [4.78, 5) is 0. The van der Waals surface area contributed by atoms with Gasteiger partial charge in [-0.2, -0.15) is 13.2 Å². The summed E-state index contributed by atoms with van der Waals surface area (Å²) in [7, 11) is 1.83. The maximum atomic E-state index is 12.2. The summed E-state index contributed by atoms with van der Waals surface area (Å²) < 4.78 is 36.7. The summed E-state index contributed by atoms with van der Waals surface area (Å²) >= 11 is 0. The van der Waals surface area contributed by atoms with Crippen LogP contribution < -0.4 is 5.32 Å². The molecule has 0 amide bonds. The van der Waals surface area contributed by atoms with Gasteiger partial charge in [0.25, 0.3) is 0 Å². The van der Waals surface area contributed by atoms with Gasteiger partial charge in [-0.15, -0.1) is 0 Å². The summed E-state index contributed by atoms with van der Waals surface area (Å²) in [5, 5.41) is 2.97. The van der Waals surface area contributed by atoms with E-state index in [1.54, 1.807) is 0 Å². The molecule has 0 saturated heterocycles. The van der Waals surface area contributed by atoms with Crippen molar-refractivity contribution in [1.82, 2.24) is 5.32 Å². The Hall–Kier alpha value is -0.250. The second-order valence-corrected chi connectivity index (χ2v) is 3.81. The summed E-state index contributed by atoms with van der Waals surface area (Å²) in [6.45, 7) is 0.829. The molecule has 1 saturated carbocycles. The Labute approximate surface area is 76.7 Å². The van der Waals surface area contributed by atoms with Gasteiger partial charge in [0.15, 0.2) is 0 Å². The first kappa shape index (κ1) is 10.8. The van der Waals surface area contributed by atoms with Crippen molar-refractivity contribution in [2.45, 2.75) is 31.9 Å². The molecule has 0 aromatic carbocycles. The molecule has 1 rings (SSSR count). The van der Waals surface area contributed by atoms with Crippen LogP contribution in [0, 0.1) is 11.8 Å². The highest BCUT2D eigenvalue weighted by Crippen LogP contribution is 2.42. The van der Waals surface area contributed by atoms with Crippen LogP contribution in [0.3, 0.4) is 0 Å². The van der Waals surface area contributed by atoms with E-state index < -0.39 is 12.1 Å². The Morgan fingerprint density at radius 1 is 1.31 bits per heavy atom. The molecule has 2 atom stereocenters. The summed E-state index contributed by atoms with van der Waals surface area (Å²) in [6, 6.07) is 0. The van der Waals surface area contributed by atoms with Crippen LogP contribution in [0.15, 0.2) is 0 Å². The zero-order chi connectivity index (χ0) is 9.90. The van der Waals surface area contributed by atoms with E-state index in [4.69, 9.17) is 0 Å². The molecule has 0 bridgehead atoms. The lowest BCUT2D eigenvalue weighted by molar-refractivity contribution is -0.173. The van der Waals surface area contributed by atoms with Crippen LogP contribution in [0.1, 0.15) is 25.7 Å². The lowest BCUT2D eigenvalue weighted by Gasteiger charge is -2.14. The lowest BCUT2D eigenvalue weighted by Crippen LogP contribution is -2.20. The maximum absolute atomic E-state index is 12.2. The monoisotopic (exact) mass is 195 g/mol. The average molecular weight is 195 g/mol. The minimum Gasteiger partial charge on any atom is -0.320 e. The summed E-state index contributed by atoms with van der Waals surface area (Å²) in [6.07, 6.45) is -1.67. The Kier molecular flexibility index (Phi) is 3.59. The van der Waals surface area contributed by atoms with Gasteiger partial charge in [0.1, 0.15) is 0 Å². The number of nitrogens with one attached hydrogen (secondary N) is 1. The molecule has 0 spiro atoms. The molecule has 0 aromatic rings. The van der Waals surface area contributed by atoms with Crippen LogP contribution in [0.25, 0.3) is 0 Å². The summed E-state index contributed by atoms with van der Waals surface area (Å²) in [5.74, 6) is -0.756. The molecule has 1 aliphatic rings. The first-order chi connectivity index (χ1) is 6.04. The second kappa shape index (κ2) is 4.31. The third-order valence-corrected chi connectivity index (χ3v) is 2.81. The molecular formula is C9H16F3N. The molecule has 0 aliphatic heterocycles. The van der Waals surface area contributed by atoms with Crippen LogP contribution in [0.5, 0.6) is 0 Å². The zero-order valence-electron chi connectivity index (χ0n) is 7.82. The van der Waals surface area contributed by atoms with E-state index in [1.165, 1.54) is 0 Å². The van der Waals surface area contributed by atoms with Crippen LogP contribution in [-0.2, 0) is 0 Å². The molecule has 1 nitrogen and oxygen atoms in total. The standard InChI is InChI=1S/C9H16F3N/c1-13-5-4-7-2-3-8(6-7)9(10,11)12/h7-8,13H,2-6H2,1H3. The van der Waals surface area contributed by atoms with Crippen LogP contribution in [0.2, 0.25) is 0 Å². The number of rotatable bonds is 3. The van der Waals surface area contributed by atoms with E-state index in [0.29, 0.717) is 12.8 Å². The highest BCUT2D eigenvalue weighted by molar-refractivity contribution is 4.80. The van der Waals surface area contributed by atoms with Gasteiger partial charge in [-0.25, -0.2) is 0 Å². The van der Waals surface area contributed by atoms with Crippen molar-refractivity contribution < 1.29 is 13.2 Å². The van der Waals surface area contributed by atoms with E-state index in [9.17, 15) is 13.2 Å². The molecule has 1 N–H and O–H groups in total. The minimum absolute atomic E-state index is 0.277. The van der Waals surface area contributed by atoms with Crippen LogP contribution in [-0.4, -0.2) is 19.8 Å². The molecule has 1 fully saturated rings. The third kappa shape index (κ3) is 3.18. The van der Waals surface area contributed by atoms with Crippen molar-refractivity contribution in [3.8, 4) is 0 Å². The molecule has 2 unspecified atom stereocenters. The van der Waals surface area contributed by atoms with Crippen molar-refractivity contribution >= 4 is 0 Å². The van der Waals surface area contributed by atoms with Gasteiger partial charge in [0, 0.05) is 0 Å². The number of alkyl halides is 3. The second-order valence-electron chi connectivity index (χ2n) is 3.81. The SMILES string of the molecule is CNCCC1CCC(C(F)(F)F)C1. The Balaban J connectivity index is 2.28. The van der Waals surface area contributed by atoms with Gasteiger partial charge in [-0.1, -0.05) is 0 Å². The predicted octanol–water partition coefficient (Wildman–Crippen LogP) is 2.57. The quantitative estimate of drug-likeness (QED) is 0.729. The van der Waals surface area contributed by atoms with E-state index in [1.807, 2.05) is 7.05 Å². The zero-order valence-corrected chi connectivity index (χ0v) is 7.82. The highest BCUT2D eigenvalue weighted by Gasteiger charge is 2.43. The van der Waals surface area contributed by atoms with Gasteiger partial charge in [-0.3, -0.25) is 0 Å². The Morgan fingerprint density at radius 3 is 2.46 bits per heavy atom.